The highest BCUT2D eigenvalue weighted by Crippen LogP contribution is 2.21. The van der Waals surface area contributed by atoms with Gasteiger partial charge in [0, 0.05) is 28.2 Å². The van der Waals surface area contributed by atoms with E-state index in [1.807, 2.05) is 23.9 Å². The summed E-state index contributed by atoms with van der Waals surface area (Å²) in [6.45, 7) is 0.986. The number of thioether (sulfide) groups is 1. The molecule has 0 aromatic heterocycles. The Hall–Kier alpha value is -0.930. The molecule has 18 heavy (non-hydrogen) atoms. The third-order valence-corrected chi connectivity index (χ3v) is 4.27. The standard InChI is InChI=1S/C15H16BrNS/c16-14-8-4-5-9-15(14)17-10-11-18-12-13-6-2-1-3-7-13/h1-9,17H,10-12H2. The van der Waals surface area contributed by atoms with Crippen LogP contribution in [0.4, 0.5) is 5.69 Å². The number of rotatable bonds is 6. The summed E-state index contributed by atoms with van der Waals surface area (Å²) in [6, 6.07) is 18.8. The molecular formula is C15H16BrNS. The predicted molar refractivity (Wildman–Crippen MR) is 85.2 cm³/mol. The molecule has 0 fully saturated rings. The van der Waals surface area contributed by atoms with Gasteiger partial charge in [0.2, 0.25) is 0 Å². The van der Waals surface area contributed by atoms with E-state index in [2.05, 4.69) is 63.7 Å². The van der Waals surface area contributed by atoms with Gasteiger partial charge in [-0.1, -0.05) is 42.5 Å². The van der Waals surface area contributed by atoms with Gasteiger partial charge in [-0.2, -0.15) is 11.8 Å². The lowest BCUT2D eigenvalue weighted by Gasteiger charge is -2.08. The maximum atomic E-state index is 3.53. The normalized spacial score (nSPS) is 10.3. The maximum Gasteiger partial charge on any atom is 0.0484 e. The fourth-order valence-corrected chi connectivity index (χ4v) is 2.87. The van der Waals surface area contributed by atoms with E-state index in [-0.39, 0.29) is 0 Å². The summed E-state index contributed by atoms with van der Waals surface area (Å²) >= 11 is 5.49. The molecule has 0 amide bonds. The molecule has 0 radical (unpaired) electrons. The van der Waals surface area contributed by atoms with Crippen molar-refractivity contribution < 1.29 is 0 Å². The van der Waals surface area contributed by atoms with Crippen molar-refractivity contribution in [2.24, 2.45) is 0 Å². The molecule has 0 heterocycles. The van der Waals surface area contributed by atoms with E-state index in [9.17, 15) is 0 Å². The highest BCUT2D eigenvalue weighted by molar-refractivity contribution is 9.10. The summed E-state index contributed by atoms with van der Waals surface area (Å²) in [7, 11) is 0. The molecule has 94 valence electrons. The molecule has 0 saturated carbocycles. The van der Waals surface area contributed by atoms with Gasteiger partial charge < -0.3 is 5.32 Å². The molecule has 0 aliphatic carbocycles. The monoisotopic (exact) mass is 321 g/mol. The summed E-state index contributed by atoms with van der Waals surface area (Å²) in [5.41, 5.74) is 2.56. The lowest BCUT2D eigenvalue weighted by Crippen LogP contribution is -2.04. The first kappa shape index (κ1) is 13.5. The van der Waals surface area contributed by atoms with Gasteiger partial charge in [0.25, 0.3) is 0 Å². The molecule has 0 aliphatic heterocycles. The van der Waals surface area contributed by atoms with Crippen LogP contribution < -0.4 is 5.32 Å². The van der Waals surface area contributed by atoms with Gasteiger partial charge in [-0.05, 0) is 33.6 Å². The second-order valence-electron chi connectivity index (χ2n) is 3.94. The number of benzene rings is 2. The number of hydrogen-bond acceptors (Lipinski definition) is 2. The number of halogens is 1. The molecular weight excluding hydrogens is 306 g/mol. The quantitative estimate of drug-likeness (QED) is 0.767. The van der Waals surface area contributed by atoms with Crippen molar-refractivity contribution in [3.05, 3.63) is 64.6 Å². The summed E-state index contributed by atoms with van der Waals surface area (Å²) in [5, 5.41) is 3.43. The molecule has 2 rings (SSSR count). The molecule has 0 spiro atoms. The molecule has 1 N–H and O–H groups in total. The van der Waals surface area contributed by atoms with Gasteiger partial charge >= 0.3 is 0 Å². The van der Waals surface area contributed by atoms with Crippen molar-refractivity contribution in [2.75, 3.05) is 17.6 Å². The Morgan fingerprint density at radius 1 is 0.944 bits per heavy atom. The molecule has 2 aromatic rings. The zero-order valence-corrected chi connectivity index (χ0v) is 12.5. The summed E-state index contributed by atoms with van der Waals surface area (Å²) in [4.78, 5) is 0. The fraction of sp³-hybridized carbons (Fsp3) is 0.200. The number of anilines is 1. The predicted octanol–water partition coefficient (Wildman–Crippen LogP) is 4.79. The van der Waals surface area contributed by atoms with Gasteiger partial charge in [0.1, 0.15) is 0 Å². The lowest BCUT2D eigenvalue weighted by atomic mass is 10.2. The molecule has 0 aliphatic rings. The minimum Gasteiger partial charge on any atom is -0.383 e. The molecule has 0 bridgehead atoms. The average molecular weight is 322 g/mol. The Morgan fingerprint density at radius 3 is 2.44 bits per heavy atom. The zero-order chi connectivity index (χ0) is 12.6. The van der Waals surface area contributed by atoms with Gasteiger partial charge in [-0.25, -0.2) is 0 Å². The van der Waals surface area contributed by atoms with E-state index in [1.165, 1.54) is 5.56 Å². The molecule has 0 unspecified atom stereocenters. The van der Waals surface area contributed by atoms with Crippen molar-refractivity contribution in [3.8, 4) is 0 Å². The Labute approximate surface area is 121 Å². The van der Waals surface area contributed by atoms with Crippen LogP contribution in [-0.4, -0.2) is 12.3 Å². The van der Waals surface area contributed by atoms with Crippen LogP contribution in [0.5, 0.6) is 0 Å². The van der Waals surface area contributed by atoms with Crippen LogP contribution in [0, 0.1) is 0 Å². The van der Waals surface area contributed by atoms with Gasteiger partial charge in [-0.3, -0.25) is 0 Å². The van der Waals surface area contributed by atoms with Crippen LogP contribution in [0.1, 0.15) is 5.56 Å². The Morgan fingerprint density at radius 2 is 1.67 bits per heavy atom. The fourth-order valence-electron chi connectivity index (χ4n) is 1.63. The number of para-hydroxylation sites is 1. The van der Waals surface area contributed by atoms with Crippen molar-refractivity contribution in [1.82, 2.24) is 0 Å². The lowest BCUT2D eigenvalue weighted by molar-refractivity contribution is 1.22. The second-order valence-corrected chi connectivity index (χ2v) is 5.90. The highest BCUT2D eigenvalue weighted by atomic mass is 79.9. The van der Waals surface area contributed by atoms with Crippen LogP contribution in [-0.2, 0) is 5.75 Å². The first-order valence-electron chi connectivity index (χ1n) is 5.96. The van der Waals surface area contributed by atoms with Gasteiger partial charge in [0.15, 0.2) is 0 Å². The third kappa shape index (κ3) is 4.39. The largest absolute Gasteiger partial charge is 0.383 e. The summed E-state index contributed by atoms with van der Waals surface area (Å²) < 4.78 is 1.12. The van der Waals surface area contributed by atoms with E-state index in [1.54, 1.807) is 0 Å². The van der Waals surface area contributed by atoms with E-state index in [0.717, 1.165) is 28.2 Å². The van der Waals surface area contributed by atoms with Crippen molar-refractivity contribution in [2.45, 2.75) is 5.75 Å². The highest BCUT2D eigenvalue weighted by Gasteiger charge is 1.97. The smallest absolute Gasteiger partial charge is 0.0484 e. The van der Waals surface area contributed by atoms with Gasteiger partial charge in [0.05, 0.1) is 0 Å². The van der Waals surface area contributed by atoms with Crippen molar-refractivity contribution in [3.63, 3.8) is 0 Å². The van der Waals surface area contributed by atoms with Crippen LogP contribution in [0.2, 0.25) is 0 Å². The van der Waals surface area contributed by atoms with Crippen LogP contribution in [0.15, 0.2) is 59.1 Å². The minimum absolute atomic E-state index is 0.986. The van der Waals surface area contributed by atoms with E-state index in [0.29, 0.717) is 0 Å². The number of hydrogen-bond donors (Lipinski definition) is 1. The maximum absolute atomic E-state index is 3.53. The molecule has 1 nitrogen and oxygen atoms in total. The summed E-state index contributed by atoms with van der Waals surface area (Å²) in [6.07, 6.45) is 0. The van der Waals surface area contributed by atoms with E-state index < -0.39 is 0 Å². The Balaban J connectivity index is 1.66. The first-order chi connectivity index (χ1) is 8.86. The summed E-state index contributed by atoms with van der Waals surface area (Å²) in [5.74, 6) is 2.19. The van der Waals surface area contributed by atoms with Crippen LogP contribution >= 0.6 is 27.7 Å². The Bertz CT molecular complexity index is 473. The third-order valence-electron chi connectivity index (χ3n) is 2.55. The molecule has 0 atom stereocenters. The SMILES string of the molecule is Brc1ccccc1NCCSCc1ccccc1. The second kappa shape index (κ2) is 7.49. The topological polar surface area (TPSA) is 12.0 Å². The molecule has 2 aromatic carbocycles. The van der Waals surface area contributed by atoms with Crippen molar-refractivity contribution in [1.29, 1.82) is 0 Å². The zero-order valence-electron chi connectivity index (χ0n) is 10.1. The minimum atomic E-state index is 0.986. The number of nitrogens with one attached hydrogen (secondary N) is 1. The van der Waals surface area contributed by atoms with Gasteiger partial charge in [-0.15, -0.1) is 0 Å². The van der Waals surface area contributed by atoms with Crippen molar-refractivity contribution >= 4 is 33.4 Å². The molecule has 3 heteroatoms. The average Bonchev–Trinajstić information content (AvgIpc) is 2.42. The first-order valence-corrected chi connectivity index (χ1v) is 7.91. The molecule has 0 saturated heterocycles. The van der Waals surface area contributed by atoms with E-state index in [4.69, 9.17) is 0 Å². The van der Waals surface area contributed by atoms with Crippen LogP contribution in [0.3, 0.4) is 0 Å². The Kier molecular flexibility index (Phi) is 5.62. The van der Waals surface area contributed by atoms with E-state index >= 15 is 0 Å². The van der Waals surface area contributed by atoms with Crippen LogP contribution in [0.25, 0.3) is 0 Å².